The van der Waals surface area contributed by atoms with Crippen molar-refractivity contribution >= 4 is 17.3 Å². The number of aliphatic imine (C=N–C) groups is 1. The van der Waals surface area contributed by atoms with Gasteiger partial charge in [0.05, 0.1) is 5.69 Å². The van der Waals surface area contributed by atoms with E-state index in [1.54, 1.807) is 0 Å². The molecule has 0 atom stereocenters. The Morgan fingerprint density at radius 2 is 2.24 bits per heavy atom. The van der Waals surface area contributed by atoms with Crippen molar-refractivity contribution in [1.29, 1.82) is 5.26 Å². The third-order valence-corrected chi connectivity index (χ3v) is 3.66. The Labute approximate surface area is 124 Å². The molecule has 1 aliphatic carbocycles. The summed E-state index contributed by atoms with van der Waals surface area (Å²) in [7, 11) is 0. The van der Waals surface area contributed by atoms with Gasteiger partial charge in [0.15, 0.2) is 5.82 Å². The van der Waals surface area contributed by atoms with Crippen molar-refractivity contribution in [2.45, 2.75) is 46.0 Å². The molecule has 1 aliphatic rings. The Kier molecular flexibility index (Phi) is 4.41. The summed E-state index contributed by atoms with van der Waals surface area (Å²) in [6, 6.07) is 2.05. The number of nitrogens with one attached hydrogen (secondary N) is 1. The van der Waals surface area contributed by atoms with Crippen LogP contribution in [0.1, 0.15) is 50.8 Å². The zero-order chi connectivity index (χ0) is 15.5. The fraction of sp³-hybridized carbons (Fsp3) is 0.600. The summed E-state index contributed by atoms with van der Waals surface area (Å²) in [5.41, 5.74) is 7.80. The van der Waals surface area contributed by atoms with Gasteiger partial charge < -0.3 is 5.73 Å². The Balaban J connectivity index is 1.88. The number of H-pyrrole nitrogens is 1. The second-order valence-electron chi connectivity index (χ2n) is 6.36. The molecule has 112 valence electrons. The summed E-state index contributed by atoms with van der Waals surface area (Å²) in [5, 5.41) is 15.6. The zero-order valence-electron chi connectivity index (χ0n) is 12.6. The van der Waals surface area contributed by atoms with Crippen LogP contribution in [0.2, 0.25) is 0 Å². The lowest BCUT2D eigenvalue weighted by atomic mass is 9.76. The van der Waals surface area contributed by atoms with E-state index in [0.29, 0.717) is 31.4 Å². The van der Waals surface area contributed by atoms with E-state index in [9.17, 15) is 4.79 Å². The van der Waals surface area contributed by atoms with E-state index in [1.165, 1.54) is 0 Å². The highest BCUT2D eigenvalue weighted by Gasteiger charge is 2.29. The molecule has 0 bridgehead atoms. The average molecular weight is 287 g/mol. The first-order chi connectivity index (χ1) is 9.91. The number of anilines is 1. The maximum Gasteiger partial charge on any atom is 0.163 e. The van der Waals surface area contributed by atoms with E-state index in [1.807, 2.05) is 0 Å². The number of aromatic amines is 1. The van der Waals surface area contributed by atoms with Crippen LogP contribution in [0, 0.1) is 16.7 Å². The number of hydrogen-bond acceptors (Lipinski definition) is 5. The lowest BCUT2D eigenvalue weighted by Crippen LogP contribution is -2.29. The second-order valence-corrected chi connectivity index (χ2v) is 6.36. The Morgan fingerprint density at radius 1 is 1.48 bits per heavy atom. The molecule has 3 N–H and O–H groups in total. The summed E-state index contributed by atoms with van der Waals surface area (Å²) in [4.78, 5) is 16.2. The minimum Gasteiger partial charge on any atom is -0.381 e. The van der Waals surface area contributed by atoms with Crippen LogP contribution in [0.5, 0.6) is 0 Å². The van der Waals surface area contributed by atoms with E-state index in [0.717, 1.165) is 24.2 Å². The standard InChI is InChI=1S/C15H21N5O/c1-15(2)7-10(6-11(21)8-15)18-5-3-4-13-12(9-16)14(17)20-19-13/h3-8H2,1-2H3,(H3,17,19,20). The summed E-state index contributed by atoms with van der Waals surface area (Å²) in [6.07, 6.45) is 3.50. The van der Waals surface area contributed by atoms with Crippen molar-refractivity contribution in [3.8, 4) is 6.07 Å². The Bertz CT molecular complexity index is 606. The van der Waals surface area contributed by atoms with Gasteiger partial charge in [-0.1, -0.05) is 13.8 Å². The number of Topliss-reactive ketones (excluding diaryl/α,β-unsaturated/α-hetero) is 1. The van der Waals surface area contributed by atoms with Crippen LogP contribution in [-0.4, -0.2) is 28.2 Å². The van der Waals surface area contributed by atoms with Crippen molar-refractivity contribution in [2.75, 3.05) is 12.3 Å². The molecule has 0 spiro atoms. The van der Waals surface area contributed by atoms with Gasteiger partial charge in [0, 0.05) is 25.1 Å². The highest BCUT2D eigenvalue weighted by molar-refractivity contribution is 6.04. The maximum absolute atomic E-state index is 11.7. The van der Waals surface area contributed by atoms with E-state index in [4.69, 9.17) is 11.0 Å². The molecule has 0 aromatic carbocycles. The minimum absolute atomic E-state index is 0.0277. The van der Waals surface area contributed by atoms with Crippen LogP contribution in [0.3, 0.4) is 0 Å². The molecule has 1 saturated carbocycles. The van der Waals surface area contributed by atoms with Crippen LogP contribution in [0.4, 0.5) is 5.82 Å². The summed E-state index contributed by atoms with van der Waals surface area (Å²) in [5.74, 6) is 0.525. The molecule has 1 fully saturated rings. The minimum atomic E-state index is 0.0277. The number of nitrogens with two attached hydrogens (primary N) is 1. The van der Waals surface area contributed by atoms with Gasteiger partial charge in [0.25, 0.3) is 0 Å². The Morgan fingerprint density at radius 3 is 2.90 bits per heavy atom. The number of hydrogen-bond donors (Lipinski definition) is 2. The normalized spacial score (nSPS) is 19.7. The van der Waals surface area contributed by atoms with Gasteiger partial charge in [-0.25, -0.2) is 0 Å². The first-order valence-corrected chi connectivity index (χ1v) is 7.18. The van der Waals surface area contributed by atoms with Crippen LogP contribution >= 0.6 is 0 Å². The molecule has 1 heterocycles. The number of rotatable bonds is 4. The largest absolute Gasteiger partial charge is 0.381 e. The maximum atomic E-state index is 11.7. The molecule has 0 radical (unpaired) electrons. The molecule has 6 heteroatoms. The van der Waals surface area contributed by atoms with Crippen LogP contribution in [-0.2, 0) is 11.2 Å². The number of aromatic nitrogens is 2. The molecule has 6 nitrogen and oxygen atoms in total. The molecular weight excluding hydrogens is 266 g/mol. The molecular formula is C15H21N5O. The number of nitrogens with zero attached hydrogens (tertiary/aromatic N) is 3. The van der Waals surface area contributed by atoms with E-state index < -0.39 is 0 Å². The zero-order valence-corrected chi connectivity index (χ0v) is 12.6. The van der Waals surface area contributed by atoms with Crippen LogP contribution < -0.4 is 5.73 Å². The lowest BCUT2D eigenvalue weighted by Gasteiger charge is -2.29. The number of aryl methyl sites for hydroxylation is 1. The van der Waals surface area contributed by atoms with Crippen molar-refractivity contribution in [1.82, 2.24) is 10.2 Å². The fourth-order valence-corrected chi connectivity index (χ4v) is 2.81. The van der Waals surface area contributed by atoms with Crippen molar-refractivity contribution in [3.05, 3.63) is 11.3 Å². The number of ketones is 1. The first-order valence-electron chi connectivity index (χ1n) is 7.18. The number of nitriles is 1. The SMILES string of the molecule is CC1(C)CC(=O)CC(=NCCCc2[nH]nc(N)c2C#N)C1. The van der Waals surface area contributed by atoms with Gasteiger partial charge >= 0.3 is 0 Å². The molecule has 0 amide bonds. The quantitative estimate of drug-likeness (QED) is 0.826. The predicted octanol–water partition coefficient (Wildman–Crippen LogP) is 2.02. The fourth-order valence-electron chi connectivity index (χ4n) is 2.81. The molecule has 0 aliphatic heterocycles. The smallest absolute Gasteiger partial charge is 0.163 e. The molecule has 1 aromatic heterocycles. The van der Waals surface area contributed by atoms with Gasteiger partial charge in [0.2, 0.25) is 0 Å². The third-order valence-electron chi connectivity index (χ3n) is 3.66. The highest BCUT2D eigenvalue weighted by atomic mass is 16.1. The van der Waals surface area contributed by atoms with Gasteiger partial charge in [0.1, 0.15) is 17.4 Å². The van der Waals surface area contributed by atoms with Gasteiger partial charge in [-0.15, -0.1) is 0 Å². The van der Waals surface area contributed by atoms with Gasteiger partial charge in [-0.3, -0.25) is 14.9 Å². The summed E-state index contributed by atoms with van der Waals surface area (Å²) in [6.45, 7) is 4.86. The van der Waals surface area contributed by atoms with Gasteiger partial charge in [-0.2, -0.15) is 10.4 Å². The van der Waals surface area contributed by atoms with Crippen LogP contribution in [0.15, 0.2) is 4.99 Å². The van der Waals surface area contributed by atoms with E-state index in [2.05, 4.69) is 35.1 Å². The van der Waals surface area contributed by atoms with Crippen molar-refractivity contribution in [2.24, 2.45) is 10.4 Å². The second kappa shape index (κ2) is 6.08. The van der Waals surface area contributed by atoms with E-state index >= 15 is 0 Å². The lowest BCUT2D eigenvalue weighted by molar-refractivity contribution is -0.120. The first kappa shape index (κ1) is 15.2. The highest BCUT2D eigenvalue weighted by Crippen LogP contribution is 2.31. The predicted molar refractivity (Wildman–Crippen MR) is 81.0 cm³/mol. The summed E-state index contributed by atoms with van der Waals surface area (Å²) < 4.78 is 0. The number of carbonyl (C=O) groups is 1. The molecule has 2 rings (SSSR count). The number of nitrogen functional groups attached to an aromatic ring is 1. The molecule has 0 unspecified atom stereocenters. The van der Waals surface area contributed by atoms with Crippen molar-refractivity contribution in [3.63, 3.8) is 0 Å². The average Bonchev–Trinajstić information content (AvgIpc) is 2.73. The summed E-state index contributed by atoms with van der Waals surface area (Å²) >= 11 is 0. The van der Waals surface area contributed by atoms with Crippen LogP contribution in [0.25, 0.3) is 0 Å². The topological polar surface area (TPSA) is 108 Å². The third kappa shape index (κ3) is 3.91. The van der Waals surface area contributed by atoms with Gasteiger partial charge in [-0.05, 0) is 24.7 Å². The monoisotopic (exact) mass is 287 g/mol. The van der Waals surface area contributed by atoms with E-state index in [-0.39, 0.29) is 17.0 Å². The number of carbonyl (C=O) groups excluding carboxylic acids is 1. The Hall–Kier alpha value is -2.16. The van der Waals surface area contributed by atoms with Crippen molar-refractivity contribution < 1.29 is 4.79 Å². The molecule has 1 aromatic rings. The molecule has 0 saturated heterocycles. The molecule has 21 heavy (non-hydrogen) atoms.